The number of methoxy groups -OCH3 is 1. The zero-order valence-corrected chi connectivity index (χ0v) is 13.8. The van der Waals surface area contributed by atoms with Crippen LogP contribution in [0, 0.1) is 0 Å². The smallest absolute Gasteiger partial charge is 0.217 e. The summed E-state index contributed by atoms with van der Waals surface area (Å²) in [6.45, 7) is 3.53. The van der Waals surface area contributed by atoms with Crippen LogP contribution >= 0.6 is 11.6 Å². The number of carbonyl (C=O) groups excluding carboxylic acids is 1. The van der Waals surface area contributed by atoms with E-state index in [4.69, 9.17) is 16.3 Å². The van der Waals surface area contributed by atoms with E-state index in [-0.39, 0.29) is 11.9 Å². The zero-order valence-electron chi connectivity index (χ0n) is 13.0. The normalized spacial score (nSPS) is 11.8. The summed E-state index contributed by atoms with van der Waals surface area (Å²) >= 11 is 6.05. The first-order chi connectivity index (χ1) is 10.5. The second-order valence-corrected chi connectivity index (χ2v) is 5.76. The number of carbonyl (C=O) groups is 1. The van der Waals surface area contributed by atoms with E-state index >= 15 is 0 Å². The van der Waals surface area contributed by atoms with Crippen LogP contribution in [0.5, 0.6) is 5.75 Å². The molecule has 0 saturated carbocycles. The van der Waals surface area contributed by atoms with E-state index in [1.165, 1.54) is 12.5 Å². The maximum absolute atomic E-state index is 11.0. The Labute approximate surface area is 136 Å². The third kappa shape index (κ3) is 4.25. The summed E-state index contributed by atoms with van der Waals surface area (Å²) in [5.41, 5.74) is 3.35. The van der Waals surface area contributed by atoms with Crippen molar-refractivity contribution >= 4 is 17.5 Å². The van der Waals surface area contributed by atoms with Crippen LogP contribution in [0.2, 0.25) is 5.02 Å². The second-order valence-electron chi connectivity index (χ2n) is 5.35. The molecule has 1 atom stereocenters. The number of amides is 1. The molecule has 116 valence electrons. The Balaban J connectivity index is 2.13. The van der Waals surface area contributed by atoms with Gasteiger partial charge in [-0.3, -0.25) is 4.79 Å². The summed E-state index contributed by atoms with van der Waals surface area (Å²) in [5, 5.41) is 3.49. The summed E-state index contributed by atoms with van der Waals surface area (Å²) < 4.78 is 5.25. The molecule has 4 heteroatoms. The lowest BCUT2D eigenvalue weighted by molar-refractivity contribution is -0.119. The number of nitrogens with one attached hydrogen (secondary N) is 1. The van der Waals surface area contributed by atoms with Crippen LogP contribution in [0.4, 0.5) is 0 Å². The molecule has 22 heavy (non-hydrogen) atoms. The van der Waals surface area contributed by atoms with Crippen LogP contribution in [0.15, 0.2) is 42.5 Å². The molecular weight excluding hydrogens is 298 g/mol. The summed E-state index contributed by atoms with van der Waals surface area (Å²) in [6, 6.07) is 14.2. The Hall–Kier alpha value is -2.00. The van der Waals surface area contributed by atoms with E-state index in [2.05, 4.69) is 29.6 Å². The standard InChI is InChI=1S/C18H20ClNO2/c1-12(20-13(2)21)10-14-4-6-15(7-5-14)16-8-9-17(19)18(11-16)22-3/h4-9,11-12H,10H2,1-3H3,(H,20,21). The van der Waals surface area contributed by atoms with Crippen LogP contribution in [0.1, 0.15) is 19.4 Å². The Morgan fingerprint density at radius 1 is 1.18 bits per heavy atom. The van der Waals surface area contributed by atoms with Crippen molar-refractivity contribution in [3.05, 3.63) is 53.1 Å². The number of benzene rings is 2. The Morgan fingerprint density at radius 2 is 1.82 bits per heavy atom. The molecule has 0 saturated heterocycles. The minimum atomic E-state index is -0.00243. The predicted octanol–water partition coefficient (Wildman–Crippen LogP) is 4.08. The summed E-state index contributed by atoms with van der Waals surface area (Å²) in [5.74, 6) is 0.667. The fourth-order valence-electron chi connectivity index (χ4n) is 2.42. The first kappa shape index (κ1) is 16.4. The summed E-state index contributed by atoms with van der Waals surface area (Å²) in [4.78, 5) is 11.0. The fraction of sp³-hybridized carbons (Fsp3) is 0.278. The molecule has 0 aliphatic heterocycles. The molecule has 0 bridgehead atoms. The van der Waals surface area contributed by atoms with Crippen molar-refractivity contribution < 1.29 is 9.53 Å². The molecule has 0 fully saturated rings. The largest absolute Gasteiger partial charge is 0.495 e. The molecule has 2 aromatic carbocycles. The van der Waals surface area contributed by atoms with Crippen molar-refractivity contribution in [2.75, 3.05) is 7.11 Å². The maximum Gasteiger partial charge on any atom is 0.217 e. The van der Waals surface area contributed by atoms with Crippen molar-refractivity contribution in [1.82, 2.24) is 5.32 Å². The maximum atomic E-state index is 11.0. The molecule has 2 rings (SSSR count). The third-order valence-corrected chi connectivity index (χ3v) is 3.74. The van der Waals surface area contributed by atoms with Crippen LogP contribution in [-0.4, -0.2) is 19.1 Å². The summed E-state index contributed by atoms with van der Waals surface area (Å²) in [7, 11) is 1.61. The topological polar surface area (TPSA) is 38.3 Å². The van der Waals surface area contributed by atoms with Gasteiger partial charge in [-0.15, -0.1) is 0 Å². The molecule has 1 unspecified atom stereocenters. The van der Waals surface area contributed by atoms with Crippen LogP contribution < -0.4 is 10.1 Å². The van der Waals surface area contributed by atoms with Gasteiger partial charge in [-0.2, -0.15) is 0 Å². The molecule has 0 heterocycles. The van der Waals surface area contributed by atoms with Gasteiger partial charge in [0.25, 0.3) is 0 Å². The molecule has 0 aliphatic carbocycles. The second kappa shape index (κ2) is 7.32. The molecule has 1 N–H and O–H groups in total. The molecule has 0 aliphatic rings. The number of hydrogen-bond acceptors (Lipinski definition) is 2. The van der Waals surface area contributed by atoms with Gasteiger partial charge < -0.3 is 10.1 Å². The minimum Gasteiger partial charge on any atom is -0.495 e. The number of halogens is 1. The van der Waals surface area contributed by atoms with Gasteiger partial charge in [0.1, 0.15) is 5.75 Å². The lowest BCUT2D eigenvalue weighted by Crippen LogP contribution is -2.31. The van der Waals surface area contributed by atoms with Gasteiger partial charge in [0.2, 0.25) is 5.91 Å². The van der Waals surface area contributed by atoms with E-state index < -0.39 is 0 Å². The van der Waals surface area contributed by atoms with Crippen molar-refractivity contribution in [2.45, 2.75) is 26.3 Å². The molecule has 2 aromatic rings. The van der Waals surface area contributed by atoms with Gasteiger partial charge in [0, 0.05) is 13.0 Å². The average Bonchev–Trinajstić information content (AvgIpc) is 2.48. The van der Waals surface area contributed by atoms with Crippen molar-refractivity contribution in [1.29, 1.82) is 0 Å². The van der Waals surface area contributed by atoms with E-state index in [0.29, 0.717) is 10.8 Å². The van der Waals surface area contributed by atoms with Crippen molar-refractivity contribution in [3.63, 3.8) is 0 Å². The van der Waals surface area contributed by atoms with Gasteiger partial charge in [0.05, 0.1) is 12.1 Å². The Bertz CT molecular complexity index is 653. The number of ether oxygens (including phenoxy) is 1. The highest BCUT2D eigenvalue weighted by Gasteiger charge is 2.07. The molecule has 0 radical (unpaired) electrons. The van der Waals surface area contributed by atoms with Crippen molar-refractivity contribution in [2.24, 2.45) is 0 Å². The van der Waals surface area contributed by atoms with Gasteiger partial charge in [-0.05, 0) is 42.2 Å². The molecule has 1 amide bonds. The SMILES string of the molecule is COc1cc(-c2ccc(CC(C)NC(C)=O)cc2)ccc1Cl. The lowest BCUT2D eigenvalue weighted by Gasteiger charge is -2.13. The monoisotopic (exact) mass is 317 g/mol. The summed E-state index contributed by atoms with van der Waals surface area (Å²) in [6.07, 6.45) is 0.809. The molecular formula is C18H20ClNO2. The first-order valence-electron chi connectivity index (χ1n) is 7.19. The van der Waals surface area contributed by atoms with Gasteiger partial charge in [0.15, 0.2) is 0 Å². The highest BCUT2D eigenvalue weighted by Crippen LogP contribution is 2.30. The van der Waals surface area contributed by atoms with Crippen LogP contribution in [0.3, 0.4) is 0 Å². The van der Waals surface area contributed by atoms with Gasteiger partial charge >= 0.3 is 0 Å². The highest BCUT2D eigenvalue weighted by atomic mass is 35.5. The highest BCUT2D eigenvalue weighted by molar-refractivity contribution is 6.32. The van der Waals surface area contributed by atoms with E-state index in [9.17, 15) is 4.79 Å². The fourth-order valence-corrected chi connectivity index (χ4v) is 2.62. The predicted molar refractivity (Wildman–Crippen MR) is 90.4 cm³/mol. The van der Waals surface area contributed by atoms with Crippen LogP contribution in [0.25, 0.3) is 11.1 Å². The van der Waals surface area contributed by atoms with E-state index in [1.807, 2.05) is 25.1 Å². The number of rotatable bonds is 5. The number of hydrogen-bond donors (Lipinski definition) is 1. The minimum absolute atomic E-state index is 0.00243. The third-order valence-electron chi connectivity index (χ3n) is 3.43. The van der Waals surface area contributed by atoms with Crippen molar-refractivity contribution in [3.8, 4) is 16.9 Å². The quantitative estimate of drug-likeness (QED) is 0.902. The lowest BCUT2D eigenvalue weighted by atomic mass is 10.0. The van der Waals surface area contributed by atoms with Crippen LogP contribution in [-0.2, 0) is 11.2 Å². The molecule has 3 nitrogen and oxygen atoms in total. The zero-order chi connectivity index (χ0) is 16.1. The van der Waals surface area contributed by atoms with E-state index in [1.54, 1.807) is 7.11 Å². The average molecular weight is 318 g/mol. The molecule has 0 spiro atoms. The molecule has 0 aromatic heterocycles. The van der Waals surface area contributed by atoms with Gasteiger partial charge in [-0.25, -0.2) is 0 Å². The first-order valence-corrected chi connectivity index (χ1v) is 7.57. The van der Waals surface area contributed by atoms with Gasteiger partial charge in [-0.1, -0.05) is 41.9 Å². The van der Waals surface area contributed by atoms with E-state index in [0.717, 1.165) is 17.5 Å². The Morgan fingerprint density at radius 3 is 2.41 bits per heavy atom. The Kier molecular flexibility index (Phi) is 5.45.